The van der Waals surface area contributed by atoms with Crippen molar-refractivity contribution in [2.24, 2.45) is 0 Å². The van der Waals surface area contributed by atoms with Gasteiger partial charge in [0.25, 0.3) is 0 Å². The van der Waals surface area contributed by atoms with Crippen molar-refractivity contribution in [3.05, 3.63) is 84.1 Å². The average Bonchev–Trinajstić information content (AvgIpc) is 2.78. The van der Waals surface area contributed by atoms with Crippen LogP contribution in [0.25, 0.3) is 43.6 Å². The molecule has 0 amide bonds. The van der Waals surface area contributed by atoms with Gasteiger partial charge in [-0.1, -0.05) is 60.7 Å². The molecule has 2 nitrogen and oxygen atoms in total. The van der Waals surface area contributed by atoms with E-state index in [2.05, 4.69) is 70.9 Å². The van der Waals surface area contributed by atoms with Crippen LogP contribution in [0.3, 0.4) is 0 Å². The van der Waals surface area contributed by atoms with E-state index in [9.17, 15) is 0 Å². The highest BCUT2D eigenvalue weighted by atomic mass is 15.1. The van der Waals surface area contributed by atoms with Crippen LogP contribution in [0.5, 0.6) is 0 Å². The highest BCUT2D eigenvalue weighted by Gasteiger charge is 2.14. The first-order chi connectivity index (χ1) is 13.9. The number of aromatic nitrogens is 2. The van der Waals surface area contributed by atoms with Gasteiger partial charge in [-0.05, 0) is 64.4 Å². The van der Waals surface area contributed by atoms with Crippen LogP contribution < -0.4 is 0 Å². The third-order valence-corrected chi connectivity index (χ3v) is 6.19. The molecule has 0 spiro atoms. The lowest BCUT2D eigenvalue weighted by atomic mass is 9.86. The van der Waals surface area contributed by atoms with Gasteiger partial charge in [-0.3, -0.25) is 0 Å². The number of nitrogens with zero attached hydrogens (tertiary/aromatic N) is 2. The summed E-state index contributed by atoms with van der Waals surface area (Å²) in [4.78, 5) is 0. The third-order valence-electron chi connectivity index (χ3n) is 6.19. The highest BCUT2D eigenvalue weighted by Crippen LogP contribution is 2.35. The Bertz CT molecular complexity index is 1360. The van der Waals surface area contributed by atoms with E-state index >= 15 is 0 Å². The number of aryl methyl sites for hydroxylation is 2. The van der Waals surface area contributed by atoms with Gasteiger partial charge in [0, 0.05) is 16.3 Å². The van der Waals surface area contributed by atoms with Gasteiger partial charge in [-0.2, -0.15) is 5.10 Å². The summed E-state index contributed by atoms with van der Waals surface area (Å²) in [5.74, 6) is 0. The monoisotopic (exact) mass is 360 g/mol. The van der Waals surface area contributed by atoms with Crippen LogP contribution in [-0.4, -0.2) is 10.2 Å². The Balaban J connectivity index is 1.58. The number of hydrogen-bond donors (Lipinski definition) is 0. The van der Waals surface area contributed by atoms with Crippen molar-refractivity contribution in [2.75, 3.05) is 0 Å². The van der Waals surface area contributed by atoms with Gasteiger partial charge in [-0.25, -0.2) is 0 Å². The van der Waals surface area contributed by atoms with Gasteiger partial charge in [0.1, 0.15) is 5.69 Å². The van der Waals surface area contributed by atoms with Gasteiger partial charge in [0.05, 0.1) is 6.20 Å². The second-order valence-corrected chi connectivity index (χ2v) is 7.79. The van der Waals surface area contributed by atoms with Crippen molar-refractivity contribution in [3.8, 4) is 11.3 Å². The quantitative estimate of drug-likeness (QED) is 0.320. The van der Waals surface area contributed by atoms with Crippen molar-refractivity contribution in [3.63, 3.8) is 0 Å². The van der Waals surface area contributed by atoms with Crippen LogP contribution in [0.4, 0.5) is 0 Å². The van der Waals surface area contributed by atoms with Crippen LogP contribution in [0.2, 0.25) is 0 Å². The molecule has 134 valence electrons. The summed E-state index contributed by atoms with van der Waals surface area (Å²) in [6, 6.07) is 24.3. The molecule has 2 heteroatoms. The zero-order chi connectivity index (χ0) is 18.5. The molecule has 1 aliphatic rings. The fourth-order valence-electron chi connectivity index (χ4n) is 4.79. The second kappa shape index (κ2) is 6.13. The fraction of sp³-hybridized carbons (Fsp3) is 0.154. The molecule has 0 fully saturated rings. The molecular formula is C26H20N2. The Labute approximate surface area is 163 Å². The summed E-state index contributed by atoms with van der Waals surface area (Å²) in [7, 11) is 0. The smallest absolute Gasteiger partial charge is 0.101 e. The van der Waals surface area contributed by atoms with E-state index in [0.717, 1.165) is 22.0 Å². The van der Waals surface area contributed by atoms with Crippen molar-refractivity contribution < 1.29 is 0 Å². The number of fused-ring (bicyclic) bond motifs is 6. The first-order valence-corrected chi connectivity index (χ1v) is 10.1. The molecule has 4 aromatic carbocycles. The Hall–Kier alpha value is -3.26. The molecule has 5 aromatic rings. The first-order valence-electron chi connectivity index (χ1n) is 10.1. The predicted octanol–water partition coefficient (Wildman–Crippen LogP) is 6.48. The van der Waals surface area contributed by atoms with E-state index in [1.54, 1.807) is 11.1 Å². The van der Waals surface area contributed by atoms with E-state index in [4.69, 9.17) is 0 Å². The lowest BCUT2D eigenvalue weighted by Crippen LogP contribution is -2.03. The van der Waals surface area contributed by atoms with Crippen molar-refractivity contribution in [2.45, 2.75) is 25.7 Å². The van der Waals surface area contributed by atoms with E-state index in [1.165, 1.54) is 47.2 Å². The van der Waals surface area contributed by atoms with E-state index < -0.39 is 0 Å². The van der Waals surface area contributed by atoms with Crippen LogP contribution in [0.1, 0.15) is 24.0 Å². The van der Waals surface area contributed by atoms with Gasteiger partial charge >= 0.3 is 0 Å². The molecule has 0 unspecified atom stereocenters. The maximum Gasteiger partial charge on any atom is 0.101 e. The SMILES string of the molecule is c1ccc2c(-c3ccc4c(ccc5c6c(ccc54)CCCC6)c3)nncc2c1. The molecule has 1 heterocycles. The second-order valence-electron chi connectivity index (χ2n) is 7.79. The molecule has 1 aliphatic carbocycles. The third kappa shape index (κ3) is 2.34. The van der Waals surface area contributed by atoms with Crippen molar-refractivity contribution >= 4 is 32.3 Å². The Morgan fingerprint density at radius 3 is 2.50 bits per heavy atom. The molecule has 0 radical (unpaired) electrons. The standard InChI is InChI=1S/C26H20N2/c1-3-7-21-17(5-1)9-13-25-22-12-11-19(15-18(22)10-14-24(21)25)26-23-8-4-2-6-20(23)16-27-28-26/h2,4,6,8-16H,1,3,5,7H2. The molecule has 28 heavy (non-hydrogen) atoms. The number of hydrogen-bond acceptors (Lipinski definition) is 2. The number of benzene rings is 4. The van der Waals surface area contributed by atoms with Crippen molar-refractivity contribution in [1.82, 2.24) is 10.2 Å². The van der Waals surface area contributed by atoms with Crippen LogP contribution in [0, 0.1) is 0 Å². The number of rotatable bonds is 1. The Morgan fingerprint density at radius 1 is 0.643 bits per heavy atom. The lowest BCUT2D eigenvalue weighted by Gasteiger charge is -2.19. The van der Waals surface area contributed by atoms with E-state index in [0.29, 0.717) is 0 Å². The first kappa shape index (κ1) is 15.8. The minimum atomic E-state index is 0.950. The summed E-state index contributed by atoms with van der Waals surface area (Å²) in [6.07, 6.45) is 6.89. The average molecular weight is 360 g/mol. The van der Waals surface area contributed by atoms with Gasteiger partial charge in [-0.15, -0.1) is 5.10 Å². The lowest BCUT2D eigenvalue weighted by molar-refractivity contribution is 0.690. The minimum absolute atomic E-state index is 0.950. The van der Waals surface area contributed by atoms with Crippen LogP contribution >= 0.6 is 0 Å². The summed E-state index contributed by atoms with van der Waals surface area (Å²) < 4.78 is 0. The molecule has 0 atom stereocenters. The maximum atomic E-state index is 4.45. The molecule has 0 saturated heterocycles. The summed E-state index contributed by atoms with van der Waals surface area (Å²) in [6.45, 7) is 0. The normalized spacial score (nSPS) is 13.9. The topological polar surface area (TPSA) is 25.8 Å². The molecule has 0 N–H and O–H groups in total. The van der Waals surface area contributed by atoms with Crippen LogP contribution in [-0.2, 0) is 12.8 Å². The summed E-state index contributed by atoms with van der Waals surface area (Å²) in [5.41, 5.74) is 5.18. The molecular weight excluding hydrogens is 340 g/mol. The fourth-order valence-corrected chi connectivity index (χ4v) is 4.79. The Kier molecular flexibility index (Phi) is 3.45. The molecule has 1 aromatic heterocycles. The van der Waals surface area contributed by atoms with E-state index in [-0.39, 0.29) is 0 Å². The maximum absolute atomic E-state index is 4.45. The predicted molar refractivity (Wildman–Crippen MR) is 117 cm³/mol. The Morgan fingerprint density at radius 2 is 1.50 bits per heavy atom. The van der Waals surface area contributed by atoms with E-state index in [1.807, 2.05) is 12.3 Å². The molecule has 6 rings (SSSR count). The highest BCUT2D eigenvalue weighted by molar-refractivity contribution is 6.10. The minimum Gasteiger partial charge on any atom is -0.158 e. The molecule has 0 aliphatic heterocycles. The van der Waals surface area contributed by atoms with Gasteiger partial charge in [0.15, 0.2) is 0 Å². The van der Waals surface area contributed by atoms with Gasteiger partial charge < -0.3 is 0 Å². The van der Waals surface area contributed by atoms with Crippen LogP contribution in [0.15, 0.2) is 72.9 Å². The zero-order valence-corrected chi connectivity index (χ0v) is 15.7. The largest absolute Gasteiger partial charge is 0.158 e. The molecule has 0 saturated carbocycles. The summed E-state index contributed by atoms with van der Waals surface area (Å²) in [5, 5.41) is 16.3. The zero-order valence-electron chi connectivity index (χ0n) is 15.7. The molecule has 0 bridgehead atoms. The van der Waals surface area contributed by atoms with Crippen molar-refractivity contribution in [1.29, 1.82) is 0 Å². The summed E-state index contributed by atoms with van der Waals surface area (Å²) >= 11 is 0. The van der Waals surface area contributed by atoms with Gasteiger partial charge in [0.2, 0.25) is 0 Å².